The van der Waals surface area contributed by atoms with Crippen LogP contribution in [0.2, 0.25) is 0 Å². The Bertz CT molecular complexity index is 1610. The number of sulfonamides is 1. The van der Waals surface area contributed by atoms with Gasteiger partial charge in [-0.25, -0.2) is 12.8 Å². The summed E-state index contributed by atoms with van der Waals surface area (Å²) in [6, 6.07) is 17.9. The SMILES string of the molecule is COc1cc(N2C(=S)N[C@H](c3ccccn3)[C@@H]2c2ccc(-c3ccc(F)cc3Br)o2)ccc1NS(C)(=O)=O. The van der Waals surface area contributed by atoms with Crippen LogP contribution in [0, 0.1) is 5.82 Å². The Morgan fingerprint density at radius 1 is 1.16 bits per heavy atom. The van der Waals surface area contributed by atoms with Gasteiger partial charge in [0.2, 0.25) is 10.0 Å². The second-order valence-electron chi connectivity index (χ2n) is 8.58. The molecule has 5 rings (SSSR count). The Morgan fingerprint density at radius 3 is 2.66 bits per heavy atom. The monoisotopic (exact) mass is 616 g/mol. The second-order valence-corrected chi connectivity index (χ2v) is 11.6. The second kappa shape index (κ2) is 10.4. The molecule has 0 unspecified atom stereocenters. The topological polar surface area (TPSA) is 96.7 Å². The first-order chi connectivity index (χ1) is 18.1. The molecule has 196 valence electrons. The van der Waals surface area contributed by atoms with E-state index in [-0.39, 0.29) is 11.9 Å². The molecule has 1 saturated heterocycles. The van der Waals surface area contributed by atoms with Crippen LogP contribution in [0.3, 0.4) is 0 Å². The number of rotatable bonds is 7. The molecule has 2 aromatic heterocycles. The third-order valence-electron chi connectivity index (χ3n) is 5.97. The standard InChI is InChI=1S/C26H22BrFN4O4S2/c1-35-23-14-16(7-9-19(23)31-38(2,33)34)32-25(24(30-26(32)37)20-5-3-4-12-29-20)22-11-10-21(36-22)17-8-6-15(28)13-18(17)27/h3-14,24-25,31H,1-2H3,(H,30,37)/t24-,25+/m1/s1. The Labute approximate surface area is 233 Å². The fraction of sp³-hybridized carbons (Fsp3) is 0.154. The molecule has 0 radical (unpaired) electrons. The summed E-state index contributed by atoms with van der Waals surface area (Å²) in [5.41, 5.74) is 2.41. The Balaban J connectivity index is 1.60. The summed E-state index contributed by atoms with van der Waals surface area (Å²) >= 11 is 9.17. The molecule has 3 heterocycles. The van der Waals surface area contributed by atoms with E-state index in [1.807, 2.05) is 35.2 Å². The summed E-state index contributed by atoms with van der Waals surface area (Å²) in [5.74, 6) is 1.11. The zero-order valence-corrected chi connectivity index (χ0v) is 23.4. The Hall–Kier alpha value is -3.48. The molecule has 1 aliphatic rings. The minimum atomic E-state index is -3.51. The number of hydrogen-bond acceptors (Lipinski definition) is 6. The van der Waals surface area contributed by atoms with Crippen LogP contribution in [0.25, 0.3) is 11.3 Å². The van der Waals surface area contributed by atoms with Gasteiger partial charge in [0, 0.05) is 28.0 Å². The predicted molar refractivity (Wildman–Crippen MR) is 151 cm³/mol. The maximum Gasteiger partial charge on any atom is 0.229 e. The molecule has 2 N–H and O–H groups in total. The Kier molecular flexibility index (Phi) is 7.12. The number of anilines is 2. The Morgan fingerprint density at radius 2 is 1.97 bits per heavy atom. The van der Waals surface area contributed by atoms with Crippen molar-refractivity contribution in [3.8, 4) is 17.1 Å². The number of halogens is 2. The van der Waals surface area contributed by atoms with Crippen molar-refractivity contribution in [2.75, 3.05) is 23.0 Å². The quantitative estimate of drug-likeness (QED) is 0.251. The summed E-state index contributed by atoms with van der Waals surface area (Å²) in [6.45, 7) is 0. The highest BCUT2D eigenvalue weighted by atomic mass is 79.9. The van der Waals surface area contributed by atoms with Gasteiger partial charge in [-0.2, -0.15) is 0 Å². The van der Waals surface area contributed by atoms with Gasteiger partial charge in [-0.1, -0.05) is 6.07 Å². The number of ether oxygens (including phenoxy) is 1. The molecule has 0 aliphatic carbocycles. The number of hydrogen-bond donors (Lipinski definition) is 2. The smallest absolute Gasteiger partial charge is 0.229 e. The molecule has 8 nitrogen and oxygen atoms in total. The molecule has 1 aliphatic heterocycles. The lowest BCUT2D eigenvalue weighted by Gasteiger charge is -2.27. The lowest BCUT2D eigenvalue weighted by atomic mass is 10.0. The molecule has 38 heavy (non-hydrogen) atoms. The predicted octanol–water partition coefficient (Wildman–Crippen LogP) is 5.80. The third kappa shape index (κ3) is 5.24. The lowest BCUT2D eigenvalue weighted by Crippen LogP contribution is -2.29. The number of nitrogens with one attached hydrogen (secondary N) is 2. The lowest BCUT2D eigenvalue weighted by molar-refractivity contribution is 0.416. The molecule has 0 saturated carbocycles. The number of methoxy groups -OCH3 is 1. The maximum atomic E-state index is 13.7. The van der Waals surface area contributed by atoms with Gasteiger partial charge in [0.1, 0.15) is 29.1 Å². The number of nitrogens with zero attached hydrogens (tertiary/aromatic N) is 2. The van der Waals surface area contributed by atoms with E-state index in [0.717, 1.165) is 11.9 Å². The van der Waals surface area contributed by atoms with E-state index in [9.17, 15) is 12.8 Å². The third-order valence-corrected chi connectivity index (χ3v) is 7.53. The van der Waals surface area contributed by atoms with Crippen LogP contribution in [0.1, 0.15) is 23.5 Å². The van der Waals surface area contributed by atoms with E-state index >= 15 is 0 Å². The molecule has 2 atom stereocenters. The molecule has 0 bridgehead atoms. The molecule has 0 spiro atoms. The maximum absolute atomic E-state index is 13.7. The highest BCUT2D eigenvalue weighted by Crippen LogP contribution is 2.45. The number of furan rings is 1. The van der Waals surface area contributed by atoms with Crippen molar-refractivity contribution in [3.63, 3.8) is 0 Å². The van der Waals surface area contributed by atoms with Crippen molar-refractivity contribution >= 4 is 54.7 Å². The van der Waals surface area contributed by atoms with Crippen molar-refractivity contribution in [2.24, 2.45) is 0 Å². The number of pyridine rings is 1. The molecule has 12 heteroatoms. The van der Waals surface area contributed by atoms with Crippen molar-refractivity contribution in [1.82, 2.24) is 10.3 Å². The summed E-state index contributed by atoms with van der Waals surface area (Å²) < 4.78 is 52.1. The summed E-state index contributed by atoms with van der Waals surface area (Å²) in [7, 11) is -2.05. The van der Waals surface area contributed by atoms with Gasteiger partial charge in [0.15, 0.2) is 5.11 Å². The first kappa shape index (κ1) is 26.1. The van der Waals surface area contributed by atoms with E-state index in [1.54, 1.807) is 30.5 Å². The molecular formula is C26H22BrFN4O4S2. The van der Waals surface area contributed by atoms with E-state index < -0.39 is 16.1 Å². The average Bonchev–Trinajstić information content (AvgIpc) is 3.48. The number of thiocarbonyl (C=S) groups is 1. The van der Waals surface area contributed by atoms with E-state index in [0.29, 0.717) is 43.8 Å². The minimum Gasteiger partial charge on any atom is -0.494 e. The van der Waals surface area contributed by atoms with Crippen LogP contribution >= 0.6 is 28.1 Å². The van der Waals surface area contributed by atoms with Crippen molar-refractivity contribution in [2.45, 2.75) is 12.1 Å². The van der Waals surface area contributed by atoms with Crippen LogP contribution < -0.4 is 19.7 Å². The normalized spacial score (nSPS) is 17.4. The number of aromatic nitrogens is 1. The van der Waals surface area contributed by atoms with Gasteiger partial charge in [0.25, 0.3) is 0 Å². The zero-order chi connectivity index (χ0) is 27.0. The molecular weight excluding hydrogens is 595 g/mol. The molecule has 4 aromatic rings. The van der Waals surface area contributed by atoms with E-state index in [4.69, 9.17) is 21.4 Å². The fourth-order valence-corrected chi connectivity index (χ4v) is 5.84. The van der Waals surface area contributed by atoms with Crippen LogP contribution in [-0.2, 0) is 10.0 Å². The summed E-state index contributed by atoms with van der Waals surface area (Å²) in [6.07, 6.45) is 2.78. The highest BCUT2D eigenvalue weighted by Gasteiger charge is 2.43. The average molecular weight is 618 g/mol. The van der Waals surface area contributed by atoms with Gasteiger partial charge in [-0.3, -0.25) is 9.71 Å². The van der Waals surface area contributed by atoms with Gasteiger partial charge < -0.3 is 19.4 Å². The van der Waals surface area contributed by atoms with E-state index in [2.05, 4.69) is 31.0 Å². The largest absolute Gasteiger partial charge is 0.494 e. The van der Waals surface area contributed by atoms with Gasteiger partial charge in [0.05, 0.1) is 30.8 Å². The first-order valence-corrected chi connectivity index (χ1v) is 14.5. The first-order valence-electron chi connectivity index (χ1n) is 11.4. The number of benzene rings is 2. The summed E-state index contributed by atoms with van der Waals surface area (Å²) in [4.78, 5) is 6.41. The summed E-state index contributed by atoms with van der Waals surface area (Å²) in [5, 5.41) is 3.78. The van der Waals surface area contributed by atoms with Gasteiger partial charge >= 0.3 is 0 Å². The molecule has 2 aromatic carbocycles. The van der Waals surface area contributed by atoms with Crippen LogP contribution in [0.5, 0.6) is 5.75 Å². The van der Waals surface area contributed by atoms with Gasteiger partial charge in [-0.15, -0.1) is 0 Å². The fourth-order valence-electron chi connectivity index (χ4n) is 4.38. The van der Waals surface area contributed by atoms with Crippen molar-refractivity contribution in [3.05, 3.63) is 94.7 Å². The van der Waals surface area contributed by atoms with Crippen LogP contribution in [0.4, 0.5) is 15.8 Å². The van der Waals surface area contributed by atoms with E-state index in [1.165, 1.54) is 19.2 Å². The minimum absolute atomic E-state index is 0.302. The van der Waals surface area contributed by atoms with Crippen molar-refractivity contribution < 1.29 is 22.0 Å². The van der Waals surface area contributed by atoms with Crippen molar-refractivity contribution in [1.29, 1.82) is 0 Å². The molecule has 1 fully saturated rings. The van der Waals surface area contributed by atoms with Gasteiger partial charge in [-0.05, 0) is 82.7 Å². The zero-order valence-electron chi connectivity index (χ0n) is 20.2. The van der Waals surface area contributed by atoms with Crippen LogP contribution in [0.15, 0.2) is 81.8 Å². The molecule has 0 amide bonds. The van der Waals surface area contributed by atoms with Crippen LogP contribution in [-0.4, -0.2) is 31.9 Å². The highest BCUT2D eigenvalue weighted by molar-refractivity contribution is 9.10.